The molecule has 76 valence electrons. The maximum Gasteiger partial charge on any atom is 0.255 e. The molecule has 2 nitrogen and oxygen atoms in total. The number of rotatable bonds is 4. The Bertz CT molecular complexity index is 306. The number of alkyl halides is 2. The van der Waals surface area contributed by atoms with E-state index in [0.717, 1.165) is 11.3 Å². The highest BCUT2D eigenvalue weighted by atomic mass is 19.3. The van der Waals surface area contributed by atoms with Crippen LogP contribution in [0.5, 0.6) is 0 Å². The van der Waals surface area contributed by atoms with Gasteiger partial charge in [-0.1, -0.05) is 6.58 Å². The molecule has 1 aromatic rings. The van der Waals surface area contributed by atoms with Crippen molar-refractivity contribution >= 4 is 5.70 Å². The molecule has 0 radical (unpaired) electrons. The lowest BCUT2D eigenvalue weighted by Crippen LogP contribution is -2.19. The summed E-state index contributed by atoms with van der Waals surface area (Å²) in [4.78, 5) is 4.04. The number of aryl methyl sites for hydroxylation is 1. The molecule has 1 N–H and O–H groups in total. The third-order valence-electron chi connectivity index (χ3n) is 1.73. The van der Waals surface area contributed by atoms with Gasteiger partial charge in [-0.25, -0.2) is 8.78 Å². The average molecular weight is 198 g/mol. The van der Waals surface area contributed by atoms with Crippen molar-refractivity contribution in [2.45, 2.75) is 13.3 Å². The second kappa shape index (κ2) is 4.69. The number of nitrogens with zero attached hydrogens (tertiary/aromatic N) is 1. The predicted octanol–water partition coefficient (Wildman–Crippen LogP) is 2.22. The lowest BCUT2D eigenvalue weighted by molar-refractivity contribution is 0.151. The zero-order chi connectivity index (χ0) is 10.6. The second-order valence-electron chi connectivity index (χ2n) is 2.94. The van der Waals surface area contributed by atoms with Gasteiger partial charge in [0.15, 0.2) is 0 Å². The fourth-order valence-corrected chi connectivity index (χ4v) is 0.949. The first-order valence-electron chi connectivity index (χ1n) is 4.23. The van der Waals surface area contributed by atoms with Gasteiger partial charge in [0.2, 0.25) is 0 Å². The van der Waals surface area contributed by atoms with Gasteiger partial charge in [-0.2, -0.15) is 0 Å². The SMILES string of the molecule is C=C(NCC(F)F)c1ccc(C)nc1. The van der Waals surface area contributed by atoms with Crippen molar-refractivity contribution in [3.8, 4) is 0 Å². The molecular formula is C10H12F2N2. The van der Waals surface area contributed by atoms with Gasteiger partial charge in [0, 0.05) is 23.2 Å². The number of pyridine rings is 1. The van der Waals surface area contributed by atoms with Gasteiger partial charge in [0.05, 0.1) is 6.54 Å². The summed E-state index contributed by atoms with van der Waals surface area (Å²) in [5, 5.41) is 2.53. The summed E-state index contributed by atoms with van der Waals surface area (Å²) in [5.74, 6) is 0. The summed E-state index contributed by atoms with van der Waals surface area (Å²) >= 11 is 0. The Balaban J connectivity index is 2.57. The third-order valence-corrected chi connectivity index (χ3v) is 1.73. The zero-order valence-electron chi connectivity index (χ0n) is 7.93. The number of halogens is 2. The van der Waals surface area contributed by atoms with Crippen molar-refractivity contribution in [1.82, 2.24) is 10.3 Å². The standard InChI is InChI=1S/C10H12F2N2/c1-7-3-4-9(5-13-7)8(2)14-6-10(11)12/h3-5,10,14H,2,6H2,1H3. The van der Waals surface area contributed by atoms with Gasteiger partial charge in [0.1, 0.15) is 0 Å². The molecule has 0 fully saturated rings. The Morgan fingerprint density at radius 3 is 2.79 bits per heavy atom. The smallest absolute Gasteiger partial charge is 0.255 e. The van der Waals surface area contributed by atoms with Crippen LogP contribution in [0.4, 0.5) is 8.78 Å². The predicted molar refractivity (Wildman–Crippen MR) is 52.0 cm³/mol. The Morgan fingerprint density at radius 1 is 1.57 bits per heavy atom. The van der Waals surface area contributed by atoms with Gasteiger partial charge in [-0.3, -0.25) is 4.98 Å². The fourth-order valence-electron chi connectivity index (χ4n) is 0.949. The molecule has 0 saturated heterocycles. The molecule has 0 aliphatic carbocycles. The molecule has 0 atom stereocenters. The van der Waals surface area contributed by atoms with Crippen molar-refractivity contribution in [3.05, 3.63) is 36.2 Å². The molecule has 1 rings (SSSR count). The van der Waals surface area contributed by atoms with Crippen molar-refractivity contribution < 1.29 is 8.78 Å². The number of nitrogens with one attached hydrogen (secondary N) is 1. The van der Waals surface area contributed by atoms with Crippen LogP contribution in [-0.2, 0) is 0 Å². The van der Waals surface area contributed by atoms with E-state index in [0.29, 0.717) is 5.70 Å². The van der Waals surface area contributed by atoms with Crippen LogP contribution in [0.1, 0.15) is 11.3 Å². The third kappa shape index (κ3) is 3.12. The van der Waals surface area contributed by atoms with Crippen LogP contribution in [0, 0.1) is 6.92 Å². The van der Waals surface area contributed by atoms with E-state index in [2.05, 4.69) is 16.9 Å². The molecule has 0 spiro atoms. The van der Waals surface area contributed by atoms with Crippen molar-refractivity contribution in [3.63, 3.8) is 0 Å². The number of aromatic nitrogens is 1. The molecular weight excluding hydrogens is 186 g/mol. The van der Waals surface area contributed by atoms with Crippen molar-refractivity contribution in [1.29, 1.82) is 0 Å². The Hall–Kier alpha value is -1.45. The number of hydrogen-bond donors (Lipinski definition) is 1. The molecule has 1 aromatic heterocycles. The first-order valence-corrected chi connectivity index (χ1v) is 4.23. The summed E-state index contributed by atoms with van der Waals surface area (Å²) in [6, 6.07) is 3.60. The first-order chi connectivity index (χ1) is 6.59. The molecule has 1 heterocycles. The topological polar surface area (TPSA) is 24.9 Å². The van der Waals surface area contributed by atoms with Crippen LogP contribution >= 0.6 is 0 Å². The minimum Gasteiger partial charge on any atom is -0.379 e. The molecule has 4 heteroatoms. The van der Waals surface area contributed by atoms with E-state index in [4.69, 9.17) is 0 Å². The number of hydrogen-bond acceptors (Lipinski definition) is 2. The van der Waals surface area contributed by atoms with Crippen LogP contribution in [0.3, 0.4) is 0 Å². The second-order valence-corrected chi connectivity index (χ2v) is 2.94. The Morgan fingerprint density at radius 2 is 2.29 bits per heavy atom. The normalized spacial score (nSPS) is 10.3. The molecule has 0 aliphatic rings. The summed E-state index contributed by atoms with van der Waals surface area (Å²) < 4.78 is 23.7. The van der Waals surface area contributed by atoms with Crippen LogP contribution < -0.4 is 5.32 Å². The van der Waals surface area contributed by atoms with Gasteiger partial charge in [0.25, 0.3) is 6.43 Å². The molecule has 0 aliphatic heterocycles. The van der Waals surface area contributed by atoms with E-state index in [9.17, 15) is 8.78 Å². The van der Waals surface area contributed by atoms with Crippen molar-refractivity contribution in [2.75, 3.05) is 6.54 Å². The lowest BCUT2D eigenvalue weighted by Gasteiger charge is -2.08. The highest BCUT2D eigenvalue weighted by molar-refractivity contribution is 5.60. The zero-order valence-corrected chi connectivity index (χ0v) is 7.93. The van der Waals surface area contributed by atoms with Gasteiger partial charge >= 0.3 is 0 Å². The largest absolute Gasteiger partial charge is 0.379 e. The van der Waals surface area contributed by atoms with E-state index < -0.39 is 6.43 Å². The van der Waals surface area contributed by atoms with E-state index in [-0.39, 0.29) is 6.54 Å². The molecule has 0 bridgehead atoms. The summed E-state index contributed by atoms with van der Waals surface area (Å²) in [6.07, 6.45) is -0.763. The van der Waals surface area contributed by atoms with Gasteiger partial charge < -0.3 is 5.32 Å². The highest BCUT2D eigenvalue weighted by Crippen LogP contribution is 2.08. The van der Waals surface area contributed by atoms with Crippen LogP contribution in [0.15, 0.2) is 24.9 Å². The summed E-state index contributed by atoms with van der Waals surface area (Å²) in [7, 11) is 0. The highest BCUT2D eigenvalue weighted by Gasteiger charge is 2.03. The molecule has 0 aromatic carbocycles. The summed E-state index contributed by atoms with van der Waals surface area (Å²) in [6.45, 7) is 5.12. The van der Waals surface area contributed by atoms with Crippen molar-refractivity contribution in [2.24, 2.45) is 0 Å². The minimum absolute atomic E-state index is 0.382. The molecule has 14 heavy (non-hydrogen) atoms. The Labute approximate surface area is 81.7 Å². The maximum absolute atomic E-state index is 11.9. The Kier molecular flexibility index (Phi) is 3.56. The first kappa shape index (κ1) is 10.6. The van der Waals surface area contributed by atoms with Crippen LogP contribution in [0.25, 0.3) is 5.70 Å². The van der Waals surface area contributed by atoms with Crippen LogP contribution in [-0.4, -0.2) is 18.0 Å². The molecule has 0 saturated carbocycles. The minimum atomic E-state index is -2.37. The van der Waals surface area contributed by atoms with Gasteiger partial charge in [-0.05, 0) is 19.1 Å². The maximum atomic E-state index is 11.9. The molecule has 0 amide bonds. The fraction of sp³-hybridized carbons (Fsp3) is 0.300. The monoisotopic (exact) mass is 198 g/mol. The lowest BCUT2D eigenvalue weighted by atomic mass is 10.2. The average Bonchev–Trinajstić information content (AvgIpc) is 2.15. The molecule has 0 unspecified atom stereocenters. The van der Waals surface area contributed by atoms with E-state index >= 15 is 0 Å². The summed E-state index contributed by atoms with van der Waals surface area (Å²) in [5.41, 5.74) is 2.09. The van der Waals surface area contributed by atoms with E-state index in [1.807, 2.05) is 13.0 Å². The van der Waals surface area contributed by atoms with E-state index in [1.165, 1.54) is 0 Å². The van der Waals surface area contributed by atoms with Gasteiger partial charge in [-0.15, -0.1) is 0 Å². The van der Waals surface area contributed by atoms with Crippen LogP contribution in [0.2, 0.25) is 0 Å². The van der Waals surface area contributed by atoms with E-state index in [1.54, 1.807) is 12.3 Å². The quantitative estimate of drug-likeness (QED) is 0.802.